The van der Waals surface area contributed by atoms with Gasteiger partial charge in [0.1, 0.15) is 12.2 Å². The number of allylic oxidation sites excluding steroid dienone is 10. The van der Waals surface area contributed by atoms with Crippen molar-refractivity contribution in [1.29, 1.82) is 0 Å². The van der Waals surface area contributed by atoms with Gasteiger partial charge >= 0.3 is 0 Å². The van der Waals surface area contributed by atoms with E-state index >= 15 is 0 Å². The third-order valence-corrected chi connectivity index (χ3v) is 32.4. The highest BCUT2D eigenvalue weighted by atomic mass is 16.1. The number of rotatable bonds is 8. The van der Waals surface area contributed by atoms with Crippen LogP contribution in [0.15, 0.2) is 241 Å². The summed E-state index contributed by atoms with van der Waals surface area (Å²) in [5, 5.41) is 0.999. The molecule has 0 bridgehead atoms. The van der Waals surface area contributed by atoms with Crippen molar-refractivity contribution < 1.29 is 24.0 Å². The van der Waals surface area contributed by atoms with E-state index in [1.54, 1.807) is 18.7 Å². The van der Waals surface area contributed by atoms with E-state index in [-0.39, 0.29) is 128 Å². The van der Waals surface area contributed by atoms with Crippen molar-refractivity contribution in [1.82, 2.24) is 59.8 Å². The van der Waals surface area contributed by atoms with E-state index in [4.69, 9.17) is 69.2 Å². The van der Waals surface area contributed by atoms with Crippen molar-refractivity contribution in [3.63, 3.8) is 0 Å². The summed E-state index contributed by atoms with van der Waals surface area (Å²) in [5.41, 5.74) is 33.5. The van der Waals surface area contributed by atoms with Gasteiger partial charge in [-0.05, 0) is 157 Å². The summed E-state index contributed by atoms with van der Waals surface area (Å²) < 4.78 is 0. The molecule has 0 fully saturated rings. The number of carbonyl (C=O) groups is 5. The third kappa shape index (κ3) is 17.5. The molecule has 0 amide bonds. The fourth-order valence-corrected chi connectivity index (χ4v) is 25.1. The molecule has 10 aliphatic rings. The smallest absolute Gasteiger partial charge is 0.226 e. The fourth-order valence-electron chi connectivity index (χ4n) is 25.1. The van der Waals surface area contributed by atoms with E-state index in [1.807, 2.05) is 200 Å². The molecule has 7 heterocycles. The molecule has 0 saturated carbocycles. The van der Waals surface area contributed by atoms with Crippen LogP contribution >= 0.6 is 0 Å². The normalized spacial score (nSPS) is 25.9. The first-order chi connectivity index (χ1) is 68.9. The SMILES string of the molecule is [C-]#[N+]C1=C[C@@]2(C)c3nc(-c4cccc5ncccc45)nc(-c4ccccc4)c3CCC[C@@H]2[C@@H](C)C1=O.[C-]#[N+]C1=C[C@@]2(C)c3nc(-c4ccnc(C)c4)nc(-c4ccccc4)c3CCC[C@@H]2[C@@H](C)C1=O.[C-]#[N+]C1=C[C@@]2(C)c3nc(CCN)nc(C)c3CC[C@@H]2[C@@H](C)C1=O.[C-]#[N+]C1=C[C@@]2(C)c3nc(N)nc(-c4ccccc4)c3CC[C@@H]2[C@@H](C)C1=O.[C-]#[N+]C1=C[C@@]2(C)c3ncnc(-c4ccccc4)c3CC[C@@H]2[C@@H](C)C1=O. The van der Waals surface area contributed by atoms with Crippen LogP contribution < -0.4 is 11.5 Å². The molecule has 24 nitrogen and oxygen atoms in total. The van der Waals surface area contributed by atoms with Gasteiger partial charge in [-0.25, -0.2) is 74.1 Å². The van der Waals surface area contributed by atoms with Crippen LogP contribution in [0.5, 0.6) is 0 Å². The molecule has 0 aliphatic heterocycles. The van der Waals surface area contributed by atoms with Crippen LogP contribution in [0.1, 0.15) is 188 Å². The number of carbonyl (C=O) groups excluding carboxylic acids is 5. The first kappa shape index (κ1) is 97.5. The van der Waals surface area contributed by atoms with Crippen molar-refractivity contribution in [2.75, 3.05) is 12.3 Å². The number of nitrogen functional groups attached to an aromatic ring is 1. The summed E-state index contributed by atoms with van der Waals surface area (Å²) in [6.07, 6.45) is 25.8. The van der Waals surface area contributed by atoms with E-state index in [0.717, 1.165) is 212 Å². The van der Waals surface area contributed by atoms with Crippen LogP contribution in [0, 0.1) is 106 Å². The Morgan fingerprint density at radius 3 is 1.16 bits per heavy atom. The minimum absolute atomic E-state index is 0.0288. The number of hydrogen-bond donors (Lipinski definition) is 2. The first-order valence-electron chi connectivity index (χ1n) is 49.5. The monoisotopic (exact) mass is 1890 g/mol. The van der Waals surface area contributed by atoms with E-state index in [2.05, 4.69) is 136 Å². The van der Waals surface area contributed by atoms with Gasteiger partial charge in [0, 0.05) is 148 Å². The molecule has 22 rings (SSSR count). The van der Waals surface area contributed by atoms with Gasteiger partial charge < -0.3 is 35.4 Å². The largest absolute Gasteiger partial charge is 0.368 e. The second-order valence-corrected chi connectivity index (χ2v) is 40.7. The van der Waals surface area contributed by atoms with Gasteiger partial charge in [-0.15, -0.1) is 0 Å². The van der Waals surface area contributed by atoms with Crippen LogP contribution in [-0.2, 0) is 89.6 Å². The van der Waals surface area contributed by atoms with Crippen LogP contribution in [0.25, 0.3) is 103 Å². The number of ketones is 5. The molecule has 714 valence electrons. The van der Waals surface area contributed by atoms with E-state index < -0.39 is 21.7 Å². The molecule has 0 radical (unpaired) electrons. The number of aryl methyl sites for hydroxylation is 2. The Labute approximate surface area is 835 Å². The van der Waals surface area contributed by atoms with E-state index in [9.17, 15) is 24.0 Å². The summed E-state index contributed by atoms with van der Waals surface area (Å²) in [6, 6.07) is 54.5. The maximum atomic E-state index is 13.0. The number of nitrogens with zero attached hydrogens (tertiary/aromatic N) is 17. The van der Waals surface area contributed by atoms with E-state index in [1.165, 1.54) is 5.56 Å². The minimum atomic E-state index is -0.539. The zero-order chi connectivity index (χ0) is 101. The van der Waals surface area contributed by atoms with Crippen LogP contribution in [0.3, 0.4) is 0 Å². The molecule has 5 aromatic carbocycles. The lowest BCUT2D eigenvalue weighted by Gasteiger charge is -2.46. The van der Waals surface area contributed by atoms with Gasteiger partial charge in [0.15, 0.2) is 40.6 Å². The molecule has 143 heavy (non-hydrogen) atoms. The third-order valence-electron chi connectivity index (χ3n) is 32.4. The number of pyridine rings is 2. The zero-order valence-corrected chi connectivity index (χ0v) is 82.7. The number of aromatic nitrogens is 12. The standard InChI is InChI=1S/C31H26N4O.C28H26N4O.C21H20N4O.C21H19N3O.C18H22N4O/c1-19-24-15-7-13-23-27(20-10-5-4-6-11-20)34-30(22-12-8-16-25-21(22)14-9-17-33-25)35-29(23)31(24,2)18-26(32-3)28(19)36;1-17-15-20(13-14-30-17)27-31-24(19-9-6-5-7-10-19)21-11-8-12-22-18(2)25(33)23(29-4)16-28(22,3)26(21)32-27;1-12-15-10-9-14-17(13-7-5-4-6-8-13)24-20(22)25-19(14)21(15,2)11-16(23-3)18(12)26;1-13-16-10-9-15-18(14-7-5-4-6-8-14)23-12-24-20(15)21(16,2)11-17(22-3)19(13)25;1-10-13-6-5-12-11(2)21-15(7-8-19)22-17(12)18(13,3)9-14(20-4)16(10)23/h4-6,8-12,14,16-19,24H,7,13,15H2,1-2H3;5-7,9-10,13-16,18,22H,8,11-12H2,1-3H3;4-8,11-12,15H,9-10H2,1-2H3,(H2,22,24,25);4-8,11-13,16H,9-10H2,1-2H3;9-10,13H,5-8,19H2,1-3H3/t19-,24-,31-;18-,22-,28-;12-,15-,21-;13-,16-,21-;10-,13-,18-/m11111/s1. The molecule has 12 aromatic rings. The van der Waals surface area contributed by atoms with Crippen LogP contribution in [0.4, 0.5) is 5.95 Å². The Kier molecular flexibility index (Phi) is 26.9. The maximum Gasteiger partial charge on any atom is 0.226 e. The van der Waals surface area contributed by atoms with Crippen molar-refractivity contribution in [2.24, 2.45) is 64.9 Å². The highest BCUT2D eigenvalue weighted by molar-refractivity contribution is 6.04. The summed E-state index contributed by atoms with van der Waals surface area (Å²) in [7, 11) is 0. The Morgan fingerprint density at radius 2 is 0.727 bits per heavy atom. The molecular formula is C119H113N19O5. The molecule has 0 spiro atoms. The lowest BCUT2D eigenvalue weighted by molar-refractivity contribution is -0.122. The Bertz CT molecular complexity index is 7580. The summed E-state index contributed by atoms with van der Waals surface area (Å²) in [6.45, 7) is 62.3. The molecule has 4 N–H and O–H groups in total. The number of anilines is 1. The molecule has 24 heteroatoms. The summed E-state index contributed by atoms with van der Waals surface area (Å²) >= 11 is 0. The number of nitrogens with two attached hydrogens (primary N) is 2. The van der Waals surface area contributed by atoms with Crippen molar-refractivity contribution in [3.05, 3.63) is 372 Å². The predicted molar refractivity (Wildman–Crippen MR) is 552 cm³/mol. The minimum Gasteiger partial charge on any atom is -0.368 e. The molecule has 10 aliphatic carbocycles. The summed E-state index contributed by atoms with van der Waals surface area (Å²) in [5.74, 6) is 1.82. The van der Waals surface area contributed by atoms with Crippen LogP contribution in [-0.4, -0.2) is 95.3 Å². The Hall–Kier alpha value is -15.7. The second kappa shape index (κ2) is 39.4. The van der Waals surface area contributed by atoms with Crippen molar-refractivity contribution in [3.8, 4) is 67.8 Å². The zero-order valence-electron chi connectivity index (χ0n) is 82.7. The van der Waals surface area contributed by atoms with Gasteiger partial charge in [-0.2, -0.15) is 0 Å². The lowest BCUT2D eigenvalue weighted by Crippen LogP contribution is -2.46. The quantitative estimate of drug-likeness (QED) is 0.134. The first-order valence-corrected chi connectivity index (χ1v) is 49.5. The van der Waals surface area contributed by atoms with Crippen molar-refractivity contribution in [2.45, 2.75) is 194 Å². The number of hydrogen-bond acceptors (Lipinski definition) is 19. The molecule has 0 saturated heterocycles. The second-order valence-electron chi connectivity index (χ2n) is 40.7. The topological polar surface area (TPSA) is 314 Å². The number of Topliss-reactive ketones (excluding diaryl/α,β-unsaturated/α-hetero) is 5. The molecule has 7 aromatic heterocycles. The van der Waals surface area contributed by atoms with Gasteiger partial charge in [0.05, 0.1) is 89.6 Å². The molecular weight excluding hydrogens is 1780 g/mol. The van der Waals surface area contributed by atoms with Gasteiger partial charge in [-0.3, -0.25) is 9.97 Å². The van der Waals surface area contributed by atoms with Gasteiger partial charge in [0.25, 0.3) is 0 Å². The highest BCUT2D eigenvalue weighted by Gasteiger charge is 2.55. The lowest BCUT2D eigenvalue weighted by atomic mass is 9.58. The van der Waals surface area contributed by atoms with Gasteiger partial charge in [-0.1, -0.05) is 239 Å². The average molecular weight is 1890 g/mol. The average Bonchev–Trinajstić information content (AvgIpc) is 1.58. The molecule has 0 unspecified atom stereocenters. The van der Waals surface area contributed by atoms with E-state index in [0.29, 0.717) is 24.6 Å². The Morgan fingerprint density at radius 1 is 0.350 bits per heavy atom. The van der Waals surface area contributed by atoms with Crippen LogP contribution in [0.2, 0.25) is 0 Å². The predicted octanol–water partition coefficient (Wildman–Crippen LogP) is 22.0. The Balaban J connectivity index is 0.000000119. The highest BCUT2D eigenvalue weighted by Crippen LogP contribution is 2.57. The number of benzene rings is 5. The molecule has 15 atom stereocenters. The fraction of sp³-hybridized carbons (Fsp3) is 0.345. The number of fused-ring (bicyclic) bond motifs is 16. The maximum absolute atomic E-state index is 13.0. The van der Waals surface area contributed by atoms with Crippen molar-refractivity contribution >= 4 is 45.8 Å². The summed E-state index contributed by atoms with van der Waals surface area (Å²) in [4.78, 5) is 138. The van der Waals surface area contributed by atoms with Gasteiger partial charge in [0.2, 0.25) is 34.4 Å².